The number of nitrogens with zero attached hydrogens (tertiary/aromatic N) is 2. The zero-order valence-corrected chi connectivity index (χ0v) is 13.8. The minimum atomic E-state index is 0.343. The van der Waals surface area contributed by atoms with Gasteiger partial charge in [-0.1, -0.05) is 44.2 Å². The zero-order valence-electron chi connectivity index (χ0n) is 13.0. The molecule has 0 aliphatic heterocycles. The summed E-state index contributed by atoms with van der Waals surface area (Å²) in [5.41, 5.74) is 1.18. The molecule has 1 fully saturated rings. The van der Waals surface area contributed by atoms with Crippen molar-refractivity contribution in [2.45, 2.75) is 71.4 Å². The Bertz CT molecular complexity index is 408. The molecular formula is C16H28ClN3. The second kappa shape index (κ2) is 7.46. The molecule has 1 unspecified atom stereocenters. The standard InChI is InChI=1S/C16H28ClN3/c1-4-9-18-15(10-13-7-5-6-8-13)16-14(17)11-19-20(16)12(2)3/h11-13,15,18H,4-10H2,1-3H3. The Morgan fingerprint density at radius 2 is 2.10 bits per heavy atom. The summed E-state index contributed by atoms with van der Waals surface area (Å²) in [5, 5.41) is 8.96. The van der Waals surface area contributed by atoms with Gasteiger partial charge in [-0.2, -0.15) is 5.10 Å². The van der Waals surface area contributed by atoms with Gasteiger partial charge >= 0.3 is 0 Å². The van der Waals surface area contributed by atoms with Crippen LogP contribution in [0, 0.1) is 5.92 Å². The first-order valence-electron chi connectivity index (χ1n) is 8.09. The molecule has 0 amide bonds. The van der Waals surface area contributed by atoms with Crippen LogP contribution >= 0.6 is 11.6 Å². The molecule has 114 valence electrons. The van der Waals surface area contributed by atoms with E-state index in [1.54, 1.807) is 6.20 Å². The van der Waals surface area contributed by atoms with Crippen LogP contribution in [0.15, 0.2) is 6.20 Å². The van der Waals surface area contributed by atoms with Gasteiger partial charge in [0, 0.05) is 6.04 Å². The van der Waals surface area contributed by atoms with Gasteiger partial charge in [0.2, 0.25) is 0 Å². The first-order chi connectivity index (χ1) is 9.63. The molecule has 0 spiro atoms. The number of nitrogens with one attached hydrogen (secondary N) is 1. The average Bonchev–Trinajstić information content (AvgIpc) is 3.04. The Labute approximate surface area is 128 Å². The van der Waals surface area contributed by atoms with Gasteiger partial charge in [0.05, 0.1) is 23.0 Å². The molecule has 2 rings (SSSR count). The van der Waals surface area contributed by atoms with E-state index in [1.807, 2.05) is 0 Å². The van der Waals surface area contributed by atoms with E-state index in [9.17, 15) is 0 Å². The van der Waals surface area contributed by atoms with Crippen molar-refractivity contribution in [3.05, 3.63) is 16.9 Å². The fourth-order valence-electron chi connectivity index (χ4n) is 3.28. The summed E-state index contributed by atoms with van der Waals surface area (Å²) in [5.74, 6) is 0.843. The van der Waals surface area contributed by atoms with Gasteiger partial charge in [0.25, 0.3) is 0 Å². The largest absolute Gasteiger partial charge is 0.309 e. The predicted octanol–water partition coefficient (Wildman–Crippen LogP) is 4.74. The summed E-state index contributed by atoms with van der Waals surface area (Å²) in [4.78, 5) is 0. The Morgan fingerprint density at radius 1 is 1.40 bits per heavy atom. The number of hydrogen-bond acceptors (Lipinski definition) is 2. The Morgan fingerprint density at radius 3 is 2.70 bits per heavy atom. The number of aromatic nitrogens is 2. The smallest absolute Gasteiger partial charge is 0.0834 e. The van der Waals surface area contributed by atoms with E-state index in [0.29, 0.717) is 12.1 Å². The molecule has 1 N–H and O–H groups in total. The minimum absolute atomic E-state index is 0.343. The van der Waals surface area contributed by atoms with E-state index in [1.165, 1.54) is 37.8 Å². The summed E-state index contributed by atoms with van der Waals surface area (Å²) < 4.78 is 2.09. The lowest BCUT2D eigenvalue weighted by Crippen LogP contribution is -2.27. The molecular weight excluding hydrogens is 270 g/mol. The zero-order chi connectivity index (χ0) is 14.5. The van der Waals surface area contributed by atoms with Crippen LogP contribution in [0.3, 0.4) is 0 Å². The second-order valence-electron chi connectivity index (χ2n) is 6.31. The van der Waals surface area contributed by atoms with Crippen molar-refractivity contribution in [3.8, 4) is 0 Å². The van der Waals surface area contributed by atoms with Crippen LogP contribution in [0.2, 0.25) is 5.02 Å². The Balaban J connectivity index is 2.18. The first kappa shape index (κ1) is 15.8. The van der Waals surface area contributed by atoms with Crippen LogP contribution in [0.25, 0.3) is 0 Å². The van der Waals surface area contributed by atoms with Crippen LogP contribution in [0.4, 0.5) is 0 Å². The van der Waals surface area contributed by atoms with Crippen LogP contribution in [-0.2, 0) is 0 Å². The molecule has 1 heterocycles. The molecule has 1 aromatic heterocycles. The highest BCUT2D eigenvalue weighted by Gasteiger charge is 2.26. The molecule has 1 aliphatic rings. The lowest BCUT2D eigenvalue weighted by atomic mass is 9.96. The Hall–Kier alpha value is -0.540. The summed E-state index contributed by atoms with van der Waals surface area (Å²) in [6.07, 6.45) is 9.67. The van der Waals surface area contributed by atoms with Crippen LogP contribution in [0.1, 0.15) is 77.1 Å². The van der Waals surface area contributed by atoms with Crippen molar-refractivity contribution in [3.63, 3.8) is 0 Å². The van der Waals surface area contributed by atoms with Crippen molar-refractivity contribution in [1.29, 1.82) is 0 Å². The number of hydrogen-bond donors (Lipinski definition) is 1. The van der Waals surface area contributed by atoms with Gasteiger partial charge in [-0.3, -0.25) is 4.68 Å². The van der Waals surface area contributed by atoms with Crippen molar-refractivity contribution in [2.24, 2.45) is 5.92 Å². The Kier molecular flexibility index (Phi) is 5.91. The maximum atomic E-state index is 6.42. The van der Waals surface area contributed by atoms with Gasteiger partial charge in [0.15, 0.2) is 0 Å². The summed E-state index contributed by atoms with van der Waals surface area (Å²) in [6.45, 7) is 7.58. The van der Waals surface area contributed by atoms with Crippen molar-refractivity contribution >= 4 is 11.6 Å². The third-order valence-electron chi connectivity index (χ3n) is 4.29. The van der Waals surface area contributed by atoms with Crippen LogP contribution in [0.5, 0.6) is 0 Å². The highest BCUT2D eigenvalue weighted by molar-refractivity contribution is 6.31. The van der Waals surface area contributed by atoms with Gasteiger partial charge < -0.3 is 5.32 Å². The average molecular weight is 298 g/mol. The molecule has 0 saturated heterocycles. The van der Waals surface area contributed by atoms with Gasteiger partial charge in [-0.15, -0.1) is 0 Å². The third-order valence-corrected chi connectivity index (χ3v) is 4.58. The van der Waals surface area contributed by atoms with Crippen molar-refractivity contribution in [1.82, 2.24) is 15.1 Å². The van der Waals surface area contributed by atoms with Gasteiger partial charge in [-0.05, 0) is 39.2 Å². The van der Waals surface area contributed by atoms with Crippen LogP contribution < -0.4 is 5.32 Å². The van der Waals surface area contributed by atoms with Crippen molar-refractivity contribution < 1.29 is 0 Å². The maximum absolute atomic E-state index is 6.42. The predicted molar refractivity (Wildman–Crippen MR) is 85.2 cm³/mol. The second-order valence-corrected chi connectivity index (χ2v) is 6.72. The van der Waals surface area contributed by atoms with E-state index in [4.69, 9.17) is 11.6 Å². The summed E-state index contributed by atoms with van der Waals surface area (Å²) in [6, 6.07) is 0.697. The highest BCUT2D eigenvalue weighted by atomic mass is 35.5. The lowest BCUT2D eigenvalue weighted by Gasteiger charge is -2.24. The quantitative estimate of drug-likeness (QED) is 0.788. The molecule has 20 heavy (non-hydrogen) atoms. The molecule has 0 bridgehead atoms. The van der Waals surface area contributed by atoms with E-state index < -0.39 is 0 Å². The maximum Gasteiger partial charge on any atom is 0.0834 e. The van der Waals surface area contributed by atoms with E-state index >= 15 is 0 Å². The molecule has 0 radical (unpaired) electrons. The fraction of sp³-hybridized carbons (Fsp3) is 0.812. The summed E-state index contributed by atoms with van der Waals surface area (Å²) in [7, 11) is 0. The van der Waals surface area contributed by atoms with Gasteiger partial charge in [0.1, 0.15) is 0 Å². The highest BCUT2D eigenvalue weighted by Crippen LogP contribution is 2.35. The molecule has 1 saturated carbocycles. The topological polar surface area (TPSA) is 29.9 Å². The number of halogens is 1. The SMILES string of the molecule is CCCNC(CC1CCCC1)c1c(Cl)cnn1C(C)C. The molecule has 1 aliphatic carbocycles. The normalized spacial score (nSPS) is 18.1. The minimum Gasteiger partial charge on any atom is -0.309 e. The number of rotatable bonds is 7. The molecule has 1 atom stereocenters. The van der Waals surface area contributed by atoms with Crippen molar-refractivity contribution in [2.75, 3.05) is 6.54 Å². The van der Waals surface area contributed by atoms with E-state index in [0.717, 1.165) is 23.9 Å². The molecule has 0 aromatic carbocycles. The monoisotopic (exact) mass is 297 g/mol. The third kappa shape index (κ3) is 3.76. The molecule has 3 nitrogen and oxygen atoms in total. The molecule has 4 heteroatoms. The van der Waals surface area contributed by atoms with E-state index in [-0.39, 0.29) is 0 Å². The summed E-state index contributed by atoms with van der Waals surface area (Å²) >= 11 is 6.42. The van der Waals surface area contributed by atoms with E-state index in [2.05, 4.69) is 35.9 Å². The lowest BCUT2D eigenvalue weighted by molar-refractivity contribution is 0.366. The van der Waals surface area contributed by atoms with Crippen LogP contribution in [-0.4, -0.2) is 16.3 Å². The fourth-order valence-corrected chi connectivity index (χ4v) is 3.54. The molecule has 1 aromatic rings. The van der Waals surface area contributed by atoms with Gasteiger partial charge in [-0.25, -0.2) is 0 Å². The first-order valence-corrected chi connectivity index (χ1v) is 8.47.